The Hall–Kier alpha value is -1.40. The van der Waals surface area contributed by atoms with Crippen molar-refractivity contribution in [3.63, 3.8) is 0 Å². The van der Waals surface area contributed by atoms with Gasteiger partial charge in [-0.15, -0.1) is 11.3 Å². The van der Waals surface area contributed by atoms with Gasteiger partial charge >= 0.3 is 0 Å². The lowest BCUT2D eigenvalue weighted by molar-refractivity contribution is -0.123. The summed E-state index contributed by atoms with van der Waals surface area (Å²) in [5, 5.41) is 7.73. The van der Waals surface area contributed by atoms with Gasteiger partial charge in [0.2, 0.25) is 11.8 Å². The smallest absolute Gasteiger partial charge is 0.234 e. The van der Waals surface area contributed by atoms with Crippen LogP contribution in [-0.2, 0) is 22.6 Å². The molecule has 5 nitrogen and oxygen atoms in total. The van der Waals surface area contributed by atoms with Crippen molar-refractivity contribution in [2.45, 2.75) is 39.3 Å². The van der Waals surface area contributed by atoms with Crippen molar-refractivity contribution in [1.82, 2.24) is 15.5 Å². The molecule has 21 heavy (non-hydrogen) atoms. The highest BCUT2D eigenvalue weighted by molar-refractivity contribution is 7.10. The van der Waals surface area contributed by atoms with Crippen LogP contribution in [0.4, 0.5) is 0 Å². The van der Waals surface area contributed by atoms with E-state index < -0.39 is 0 Å². The standard InChI is InChI=1S/C15H23N3O2S/c1-11(2)17-14(19)3-6-16-15(20)10-18-7-4-13-12(9-18)5-8-21-13/h5,8,11H,3-4,6-7,9-10H2,1-2H3,(H,16,20)(H,17,19). The van der Waals surface area contributed by atoms with E-state index in [4.69, 9.17) is 0 Å². The monoisotopic (exact) mass is 309 g/mol. The van der Waals surface area contributed by atoms with E-state index >= 15 is 0 Å². The van der Waals surface area contributed by atoms with Crippen molar-refractivity contribution < 1.29 is 9.59 Å². The van der Waals surface area contributed by atoms with E-state index in [9.17, 15) is 9.59 Å². The number of carbonyl (C=O) groups is 2. The number of amides is 2. The van der Waals surface area contributed by atoms with E-state index in [1.165, 1.54) is 10.4 Å². The van der Waals surface area contributed by atoms with Gasteiger partial charge in [-0.25, -0.2) is 0 Å². The maximum absolute atomic E-state index is 11.9. The molecular weight excluding hydrogens is 286 g/mol. The minimum Gasteiger partial charge on any atom is -0.354 e. The lowest BCUT2D eigenvalue weighted by atomic mass is 10.1. The molecule has 0 atom stereocenters. The molecule has 116 valence electrons. The highest BCUT2D eigenvalue weighted by Gasteiger charge is 2.19. The molecule has 1 aromatic heterocycles. The second kappa shape index (κ2) is 7.56. The predicted molar refractivity (Wildman–Crippen MR) is 84.2 cm³/mol. The molecule has 0 fully saturated rings. The van der Waals surface area contributed by atoms with Crippen LogP contribution < -0.4 is 10.6 Å². The molecule has 2 rings (SSSR count). The molecule has 1 aliphatic heterocycles. The molecule has 6 heteroatoms. The van der Waals surface area contributed by atoms with Crippen LogP contribution in [-0.4, -0.2) is 42.4 Å². The van der Waals surface area contributed by atoms with Gasteiger partial charge in [-0.2, -0.15) is 0 Å². The molecule has 2 N–H and O–H groups in total. The van der Waals surface area contributed by atoms with Gasteiger partial charge in [0.05, 0.1) is 6.54 Å². The zero-order valence-electron chi connectivity index (χ0n) is 12.6. The third kappa shape index (κ3) is 5.13. The third-order valence-corrected chi connectivity index (χ3v) is 4.40. The van der Waals surface area contributed by atoms with E-state index in [0.717, 1.165) is 19.5 Å². The fourth-order valence-electron chi connectivity index (χ4n) is 2.41. The predicted octanol–water partition coefficient (Wildman–Crippen LogP) is 1.14. The average Bonchev–Trinajstić information content (AvgIpc) is 2.85. The zero-order valence-corrected chi connectivity index (χ0v) is 13.5. The summed E-state index contributed by atoms with van der Waals surface area (Å²) in [6.45, 7) is 6.42. The van der Waals surface area contributed by atoms with Crippen LogP contribution in [0.5, 0.6) is 0 Å². The van der Waals surface area contributed by atoms with Crippen LogP contribution in [0.3, 0.4) is 0 Å². The van der Waals surface area contributed by atoms with Crippen molar-refractivity contribution in [3.8, 4) is 0 Å². The normalized spacial score (nSPS) is 14.8. The first kappa shape index (κ1) is 16.0. The highest BCUT2D eigenvalue weighted by Crippen LogP contribution is 2.23. The largest absolute Gasteiger partial charge is 0.354 e. The van der Waals surface area contributed by atoms with Crippen molar-refractivity contribution in [2.24, 2.45) is 0 Å². The number of nitrogens with one attached hydrogen (secondary N) is 2. The van der Waals surface area contributed by atoms with Crippen molar-refractivity contribution in [2.75, 3.05) is 19.6 Å². The molecule has 0 unspecified atom stereocenters. The Kier molecular flexibility index (Phi) is 5.76. The summed E-state index contributed by atoms with van der Waals surface area (Å²) in [7, 11) is 0. The maximum atomic E-state index is 11.9. The van der Waals surface area contributed by atoms with Crippen LogP contribution in [0.15, 0.2) is 11.4 Å². The van der Waals surface area contributed by atoms with Gasteiger partial charge in [-0.1, -0.05) is 0 Å². The Balaban J connectivity index is 1.65. The molecule has 0 bridgehead atoms. The molecule has 0 saturated heterocycles. The van der Waals surface area contributed by atoms with E-state index in [1.54, 1.807) is 11.3 Å². The number of thiophene rings is 1. The Labute approximate surface area is 129 Å². The number of hydrogen-bond donors (Lipinski definition) is 2. The SMILES string of the molecule is CC(C)NC(=O)CCNC(=O)CN1CCc2sccc2C1. The van der Waals surface area contributed by atoms with Crippen molar-refractivity contribution in [3.05, 3.63) is 21.9 Å². The van der Waals surface area contributed by atoms with E-state index in [1.807, 2.05) is 13.8 Å². The van der Waals surface area contributed by atoms with Gasteiger partial charge in [-0.05, 0) is 37.3 Å². The molecule has 0 radical (unpaired) electrons. The molecule has 2 heterocycles. The number of carbonyl (C=O) groups excluding carboxylic acids is 2. The summed E-state index contributed by atoms with van der Waals surface area (Å²) in [4.78, 5) is 26.9. The first-order valence-electron chi connectivity index (χ1n) is 7.38. The van der Waals surface area contributed by atoms with Gasteiger partial charge in [0, 0.05) is 37.0 Å². The Morgan fingerprint density at radius 1 is 1.38 bits per heavy atom. The molecule has 0 aromatic carbocycles. The number of fused-ring (bicyclic) bond motifs is 1. The summed E-state index contributed by atoms with van der Waals surface area (Å²) in [5.41, 5.74) is 1.34. The topological polar surface area (TPSA) is 61.4 Å². The van der Waals surface area contributed by atoms with Gasteiger partial charge in [-0.3, -0.25) is 14.5 Å². The molecule has 1 aliphatic rings. The second-order valence-corrected chi connectivity index (χ2v) is 6.65. The zero-order chi connectivity index (χ0) is 15.2. The Bertz CT molecular complexity index is 499. The summed E-state index contributed by atoms with van der Waals surface area (Å²) in [6, 6.07) is 2.28. The number of hydrogen-bond acceptors (Lipinski definition) is 4. The molecule has 0 spiro atoms. The average molecular weight is 309 g/mol. The Morgan fingerprint density at radius 2 is 2.19 bits per heavy atom. The van der Waals surface area contributed by atoms with Gasteiger partial charge < -0.3 is 10.6 Å². The van der Waals surface area contributed by atoms with Crippen LogP contribution in [0.1, 0.15) is 30.7 Å². The van der Waals surface area contributed by atoms with Crippen molar-refractivity contribution >= 4 is 23.2 Å². The lowest BCUT2D eigenvalue weighted by Crippen LogP contribution is -2.41. The molecular formula is C15H23N3O2S. The third-order valence-electron chi connectivity index (χ3n) is 3.38. The second-order valence-electron chi connectivity index (χ2n) is 5.65. The highest BCUT2D eigenvalue weighted by atomic mass is 32.1. The fraction of sp³-hybridized carbons (Fsp3) is 0.600. The van der Waals surface area contributed by atoms with Gasteiger partial charge in [0.1, 0.15) is 0 Å². The summed E-state index contributed by atoms with van der Waals surface area (Å²) < 4.78 is 0. The molecule has 1 aromatic rings. The Morgan fingerprint density at radius 3 is 2.95 bits per heavy atom. The van der Waals surface area contributed by atoms with Crippen molar-refractivity contribution in [1.29, 1.82) is 0 Å². The van der Waals surface area contributed by atoms with Gasteiger partial charge in [0.15, 0.2) is 0 Å². The van der Waals surface area contributed by atoms with E-state index in [0.29, 0.717) is 19.5 Å². The van der Waals surface area contributed by atoms with Crippen LogP contribution in [0.2, 0.25) is 0 Å². The summed E-state index contributed by atoms with van der Waals surface area (Å²) in [6.07, 6.45) is 1.36. The van der Waals surface area contributed by atoms with Crippen LogP contribution >= 0.6 is 11.3 Å². The number of nitrogens with zero attached hydrogens (tertiary/aromatic N) is 1. The molecule has 0 aliphatic carbocycles. The van der Waals surface area contributed by atoms with Crippen LogP contribution in [0.25, 0.3) is 0 Å². The van der Waals surface area contributed by atoms with E-state index in [-0.39, 0.29) is 17.9 Å². The summed E-state index contributed by atoms with van der Waals surface area (Å²) in [5.74, 6) is -0.0304. The first-order chi connectivity index (χ1) is 10.0. The summed E-state index contributed by atoms with van der Waals surface area (Å²) >= 11 is 1.80. The minimum atomic E-state index is -0.0220. The van der Waals surface area contributed by atoms with Crippen LogP contribution in [0, 0.1) is 0 Å². The molecule has 2 amide bonds. The lowest BCUT2D eigenvalue weighted by Gasteiger charge is -2.26. The number of rotatable bonds is 6. The first-order valence-corrected chi connectivity index (χ1v) is 8.26. The van der Waals surface area contributed by atoms with Gasteiger partial charge in [0.25, 0.3) is 0 Å². The maximum Gasteiger partial charge on any atom is 0.234 e. The van der Waals surface area contributed by atoms with E-state index in [2.05, 4.69) is 27.0 Å². The molecule has 0 saturated carbocycles. The minimum absolute atomic E-state index is 0.00831. The fourth-order valence-corrected chi connectivity index (χ4v) is 3.30. The quantitative estimate of drug-likeness (QED) is 0.828.